The van der Waals surface area contributed by atoms with Gasteiger partial charge in [-0.3, -0.25) is 10.1 Å². The molecular formula is C12H16FN3O4S. The van der Waals surface area contributed by atoms with Crippen molar-refractivity contribution in [1.29, 1.82) is 0 Å². The number of nitrogens with zero attached hydrogens (tertiary/aromatic N) is 1. The quantitative estimate of drug-likeness (QED) is 0.624. The molecule has 21 heavy (non-hydrogen) atoms. The van der Waals surface area contributed by atoms with E-state index < -0.39 is 31.3 Å². The molecule has 0 aromatic heterocycles. The van der Waals surface area contributed by atoms with E-state index in [0.29, 0.717) is 13.0 Å². The molecule has 1 fully saturated rings. The molecule has 0 bridgehead atoms. The highest BCUT2D eigenvalue weighted by atomic mass is 32.2. The summed E-state index contributed by atoms with van der Waals surface area (Å²) in [5.41, 5.74) is 4.55. The monoisotopic (exact) mass is 317 g/mol. The zero-order valence-corrected chi connectivity index (χ0v) is 12.0. The summed E-state index contributed by atoms with van der Waals surface area (Å²) in [5, 5.41) is 10.9. The number of benzene rings is 1. The molecule has 2 rings (SSSR count). The van der Waals surface area contributed by atoms with Gasteiger partial charge in [0.1, 0.15) is 0 Å². The van der Waals surface area contributed by atoms with Crippen LogP contribution in [0.4, 0.5) is 10.1 Å². The molecule has 0 spiro atoms. The lowest BCUT2D eigenvalue weighted by molar-refractivity contribution is -0.390. The summed E-state index contributed by atoms with van der Waals surface area (Å²) in [6.45, 7) is 0.332. The number of hydrogen-bond donors (Lipinski definition) is 2. The number of nitrogens with two attached hydrogens (primary N) is 1. The first-order valence-electron chi connectivity index (χ1n) is 6.52. The van der Waals surface area contributed by atoms with Crippen molar-refractivity contribution in [2.24, 2.45) is 11.7 Å². The largest absolute Gasteiger partial charge is 0.330 e. The summed E-state index contributed by atoms with van der Waals surface area (Å²) in [6.07, 6.45) is 2.25. The van der Waals surface area contributed by atoms with Crippen LogP contribution >= 0.6 is 0 Å². The van der Waals surface area contributed by atoms with Gasteiger partial charge in [-0.15, -0.1) is 0 Å². The molecule has 1 saturated carbocycles. The van der Waals surface area contributed by atoms with Crippen molar-refractivity contribution in [2.75, 3.05) is 6.54 Å². The molecule has 0 heterocycles. The fourth-order valence-electron chi connectivity index (χ4n) is 2.63. The third kappa shape index (κ3) is 3.20. The maximum absolute atomic E-state index is 13.5. The molecule has 2 unspecified atom stereocenters. The van der Waals surface area contributed by atoms with Gasteiger partial charge in [-0.1, -0.05) is 12.5 Å². The topological polar surface area (TPSA) is 115 Å². The van der Waals surface area contributed by atoms with Crippen LogP contribution in [0.25, 0.3) is 0 Å². The SMILES string of the molecule is NCC1CCCC1NS(=O)(=O)c1cccc(F)c1[N+](=O)[O-]. The van der Waals surface area contributed by atoms with E-state index in [4.69, 9.17) is 5.73 Å². The first kappa shape index (κ1) is 15.8. The molecule has 1 aromatic carbocycles. The number of rotatable bonds is 5. The van der Waals surface area contributed by atoms with Crippen molar-refractivity contribution >= 4 is 15.7 Å². The van der Waals surface area contributed by atoms with Crippen LogP contribution in [0.3, 0.4) is 0 Å². The number of nitro groups is 1. The lowest BCUT2D eigenvalue weighted by Gasteiger charge is -2.19. The molecule has 1 aromatic rings. The average molecular weight is 317 g/mol. The minimum atomic E-state index is -4.17. The summed E-state index contributed by atoms with van der Waals surface area (Å²) in [7, 11) is -4.17. The van der Waals surface area contributed by atoms with E-state index in [2.05, 4.69) is 4.72 Å². The fraction of sp³-hybridized carbons (Fsp3) is 0.500. The highest BCUT2D eigenvalue weighted by Crippen LogP contribution is 2.30. The fourth-order valence-corrected chi connectivity index (χ4v) is 4.15. The summed E-state index contributed by atoms with van der Waals surface area (Å²) in [5.74, 6) is -1.18. The lowest BCUT2D eigenvalue weighted by Crippen LogP contribution is -2.40. The maximum atomic E-state index is 13.5. The number of sulfonamides is 1. The highest BCUT2D eigenvalue weighted by Gasteiger charge is 2.34. The third-order valence-corrected chi connectivity index (χ3v) is 5.21. The normalized spacial score (nSPS) is 22.4. The second-order valence-corrected chi connectivity index (χ2v) is 6.68. The Morgan fingerprint density at radius 3 is 2.76 bits per heavy atom. The van der Waals surface area contributed by atoms with E-state index in [1.165, 1.54) is 0 Å². The summed E-state index contributed by atoms with van der Waals surface area (Å²) < 4.78 is 40.6. The number of para-hydroxylation sites is 1. The van der Waals surface area contributed by atoms with E-state index in [9.17, 15) is 22.9 Å². The van der Waals surface area contributed by atoms with Gasteiger partial charge < -0.3 is 5.73 Å². The van der Waals surface area contributed by atoms with E-state index in [0.717, 1.165) is 31.0 Å². The van der Waals surface area contributed by atoms with Gasteiger partial charge in [-0.2, -0.15) is 4.39 Å². The molecule has 3 N–H and O–H groups in total. The molecule has 2 atom stereocenters. The van der Waals surface area contributed by atoms with Crippen molar-refractivity contribution in [3.8, 4) is 0 Å². The predicted octanol–water partition coefficient (Wildman–Crippen LogP) is 1.14. The first-order chi connectivity index (χ1) is 9.86. The molecule has 1 aliphatic carbocycles. The van der Waals surface area contributed by atoms with Crippen LogP contribution < -0.4 is 10.5 Å². The molecule has 0 amide bonds. The Labute approximate surface area is 121 Å². The van der Waals surface area contributed by atoms with Gasteiger partial charge in [0.05, 0.1) is 4.92 Å². The standard InChI is InChI=1S/C12H16FN3O4S/c13-9-4-2-6-11(12(9)16(17)18)21(19,20)15-10-5-1-3-8(10)7-14/h2,4,6,8,10,15H,1,3,5,7,14H2. The van der Waals surface area contributed by atoms with Crippen LogP contribution in [-0.2, 0) is 10.0 Å². The van der Waals surface area contributed by atoms with Gasteiger partial charge in [0, 0.05) is 6.04 Å². The number of nitro benzene ring substituents is 1. The van der Waals surface area contributed by atoms with Crippen molar-refractivity contribution in [3.63, 3.8) is 0 Å². The van der Waals surface area contributed by atoms with Crippen LogP contribution in [0.5, 0.6) is 0 Å². The van der Waals surface area contributed by atoms with Gasteiger partial charge in [-0.25, -0.2) is 13.1 Å². The maximum Gasteiger partial charge on any atom is 0.324 e. The van der Waals surface area contributed by atoms with E-state index in [1.54, 1.807) is 0 Å². The van der Waals surface area contributed by atoms with E-state index in [1.807, 2.05) is 0 Å². The first-order valence-corrected chi connectivity index (χ1v) is 8.00. The molecule has 0 aliphatic heterocycles. The lowest BCUT2D eigenvalue weighted by atomic mass is 10.1. The van der Waals surface area contributed by atoms with Crippen molar-refractivity contribution in [3.05, 3.63) is 34.1 Å². The second kappa shape index (κ2) is 6.04. The molecule has 0 radical (unpaired) electrons. The van der Waals surface area contributed by atoms with Gasteiger partial charge in [-0.05, 0) is 37.4 Å². The minimum Gasteiger partial charge on any atom is -0.330 e. The van der Waals surface area contributed by atoms with Crippen LogP contribution in [0.1, 0.15) is 19.3 Å². The van der Waals surface area contributed by atoms with Crippen molar-refractivity contribution < 1.29 is 17.7 Å². The number of nitrogens with one attached hydrogen (secondary N) is 1. The summed E-state index contributed by atoms with van der Waals surface area (Å²) in [6, 6.07) is 2.64. The Kier molecular flexibility index (Phi) is 4.55. The minimum absolute atomic E-state index is 0.00705. The number of halogens is 1. The molecular weight excluding hydrogens is 301 g/mol. The van der Waals surface area contributed by atoms with Gasteiger partial charge in [0.15, 0.2) is 4.90 Å². The highest BCUT2D eigenvalue weighted by molar-refractivity contribution is 7.89. The molecule has 9 heteroatoms. The summed E-state index contributed by atoms with van der Waals surface area (Å²) >= 11 is 0. The third-order valence-electron chi connectivity index (χ3n) is 3.69. The van der Waals surface area contributed by atoms with Crippen LogP contribution in [0.2, 0.25) is 0 Å². The molecule has 1 aliphatic rings. The van der Waals surface area contributed by atoms with Crippen LogP contribution in [0, 0.1) is 21.8 Å². The predicted molar refractivity (Wildman–Crippen MR) is 73.6 cm³/mol. The van der Waals surface area contributed by atoms with Gasteiger partial charge in [0.25, 0.3) is 0 Å². The second-order valence-electron chi connectivity index (χ2n) is 5.00. The Morgan fingerprint density at radius 2 is 2.14 bits per heavy atom. The van der Waals surface area contributed by atoms with Crippen LogP contribution in [0.15, 0.2) is 23.1 Å². The van der Waals surface area contributed by atoms with Crippen molar-refractivity contribution in [1.82, 2.24) is 4.72 Å². The van der Waals surface area contributed by atoms with Gasteiger partial charge in [0.2, 0.25) is 15.8 Å². The van der Waals surface area contributed by atoms with Crippen molar-refractivity contribution in [2.45, 2.75) is 30.2 Å². The van der Waals surface area contributed by atoms with Crippen LogP contribution in [-0.4, -0.2) is 25.9 Å². The average Bonchev–Trinajstić information content (AvgIpc) is 2.84. The Bertz CT molecular complexity index is 650. The van der Waals surface area contributed by atoms with Gasteiger partial charge >= 0.3 is 5.69 Å². The van der Waals surface area contributed by atoms with E-state index >= 15 is 0 Å². The Hall–Kier alpha value is -1.58. The smallest absolute Gasteiger partial charge is 0.324 e. The molecule has 116 valence electrons. The molecule has 0 saturated heterocycles. The zero-order chi connectivity index (χ0) is 15.6. The molecule has 7 nitrogen and oxygen atoms in total. The Morgan fingerprint density at radius 1 is 1.43 bits per heavy atom. The summed E-state index contributed by atoms with van der Waals surface area (Å²) in [4.78, 5) is 9.21. The zero-order valence-electron chi connectivity index (χ0n) is 11.2. The van der Waals surface area contributed by atoms with E-state index in [-0.39, 0.29) is 12.0 Å². The Balaban J connectivity index is 2.36. The number of hydrogen-bond acceptors (Lipinski definition) is 5.